The lowest BCUT2D eigenvalue weighted by Crippen LogP contribution is -2.16. The van der Waals surface area contributed by atoms with Crippen LogP contribution in [-0.4, -0.2) is 33.3 Å². The van der Waals surface area contributed by atoms with Crippen LogP contribution in [0.3, 0.4) is 0 Å². The Morgan fingerprint density at radius 1 is 1.12 bits per heavy atom. The summed E-state index contributed by atoms with van der Waals surface area (Å²) in [5, 5.41) is 11.5. The molecular formula is C17H18N4O4S. The van der Waals surface area contributed by atoms with Crippen molar-refractivity contribution in [2.75, 3.05) is 19.0 Å². The fraction of sp³-hybridized carbons (Fsp3) is 0.118. The Morgan fingerprint density at radius 2 is 1.69 bits per heavy atom. The van der Waals surface area contributed by atoms with Crippen LogP contribution in [0.15, 0.2) is 58.3 Å². The van der Waals surface area contributed by atoms with Crippen LogP contribution in [0.4, 0.5) is 11.4 Å². The van der Waals surface area contributed by atoms with Gasteiger partial charge >= 0.3 is 0 Å². The summed E-state index contributed by atoms with van der Waals surface area (Å²) >= 11 is 0. The quantitative estimate of drug-likeness (QED) is 0.359. The number of hydrogen-bond acceptors (Lipinski definition) is 5. The number of non-ortho nitro benzene ring substituents is 1. The highest BCUT2D eigenvalue weighted by molar-refractivity contribution is 7.93. The summed E-state index contributed by atoms with van der Waals surface area (Å²) in [5.41, 5.74) is 7.63. The van der Waals surface area contributed by atoms with E-state index in [-0.39, 0.29) is 11.5 Å². The highest BCUT2D eigenvalue weighted by Crippen LogP contribution is 2.15. The van der Waals surface area contributed by atoms with E-state index in [1.807, 2.05) is 19.0 Å². The van der Waals surface area contributed by atoms with Gasteiger partial charge in [0.15, 0.2) is 0 Å². The van der Waals surface area contributed by atoms with Gasteiger partial charge in [0.2, 0.25) is 0 Å². The topological polar surface area (TPSA) is 119 Å². The molecule has 0 saturated carbocycles. The molecule has 0 aliphatic rings. The molecule has 0 aliphatic heterocycles. The largest absolute Gasteiger partial charge is 0.383 e. The number of sulfonamides is 1. The van der Waals surface area contributed by atoms with E-state index in [0.29, 0.717) is 11.1 Å². The number of nitro groups is 1. The van der Waals surface area contributed by atoms with Gasteiger partial charge in [-0.1, -0.05) is 0 Å². The molecule has 2 rings (SSSR count). The zero-order valence-electron chi connectivity index (χ0n) is 14.2. The highest BCUT2D eigenvalue weighted by Gasteiger charge is 2.08. The van der Waals surface area contributed by atoms with Crippen molar-refractivity contribution in [3.63, 3.8) is 0 Å². The maximum Gasteiger partial charge on any atom is 0.277 e. The summed E-state index contributed by atoms with van der Waals surface area (Å²) in [6.45, 7) is 0. The summed E-state index contributed by atoms with van der Waals surface area (Å²) in [6.07, 6.45) is 1.30. The molecule has 0 spiro atoms. The predicted octanol–water partition coefficient (Wildman–Crippen LogP) is 2.37. The van der Waals surface area contributed by atoms with E-state index >= 15 is 0 Å². The summed E-state index contributed by atoms with van der Waals surface area (Å²) < 4.78 is 27.7. The second-order valence-electron chi connectivity index (χ2n) is 5.58. The van der Waals surface area contributed by atoms with Gasteiger partial charge in [-0.15, -0.1) is 4.40 Å². The van der Waals surface area contributed by atoms with E-state index in [9.17, 15) is 18.5 Å². The molecule has 9 heteroatoms. The molecule has 0 radical (unpaired) electrons. The Kier molecular flexibility index (Phi) is 5.73. The number of nitro benzene ring substituents is 1. The maximum absolute atomic E-state index is 12.1. The molecule has 26 heavy (non-hydrogen) atoms. The molecule has 0 atom stereocenters. The number of nitrogens with two attached hydrogens (primary N) is 1. The minimum absolute atomic E-state index is 0.0755. The fourth-order valence-electron chi connectivity index (χ4n) is 2.02. The Morgan fingerprint density at radius 3 is 2.19 bits per heavy atom. The smallest absolute Gasteiger partial charge is 0.277 e. The molecule has 136 valence electrons. The van der Waals surface area contributed by atoms with Crippen LogP contribution >= 0.6 is 0 Å². The first kappa shape index (κ1) is 19.1. The van der Waals surface area contributed by atoms with Crippen molar-refractivity contribution in [3.05, 3.63) is 75.2 Å². The van der Waals surface area contributed by atoms with Gasteiger partial charge in [-0.05, 0) is 48.0 Å². The predicted molar refractivity (Wildman–Crippen MR) is 103 cm³/mol. The molecule has 2 aromatic rings. The van der Waals surface area contributed by atoms with Crippen LogP contribution in [0.25, 0.3) is 6.08 Å². The van der Waals surface area contributed by atoms with Crippen molar-refractivity contribution in [1.29, 1.82) is 0 Å². The molecule has 2 aromatic carbocycles. The maximum atomic E-state index is 12.1. The third-order valence-electron chi connectivity index (χ3n) is 3.44. The van der Waals surface area contributed by atoms with Gasteiger partial charge < -0.3 is 10.6 Å². The Bertz CT molecular complexity index is 947. The lowest BCUT2D eigenvalue weighted by molar-refractivity contribution is -0.384. The van der Waals surface area contributed by atoms with E-state index in [2.05, 4.69) is 4.40 Å². The van der Waals surface area contributed by atoms with Crippen LogP contribution in [0.5, 0.6) is 0 Å². The van der Waals surface area contributed by atoms with Crippen molar-refractivity contribution in [1.82, 2.24) is 0 Å². The molecule has 0 heterocycles. The molecular weight excluding hydrogens is 356 g/mol. The lowest BCUT2D eigenvalue weighted by Gasteiger charge is -2.12. The van der Waals surface area contributed by atoms with Crippen molar-refractivity contribution < 1.29 is 13.3 Å². The molecule has 0 aliphatic carbocycles. The first-order valence-electron chi connectivity index (χ1n) is 7.49. The molecule has 0 aromatic heterocycles. The van der Waals surface area contributed by atoms with Gasteiger partial charge in [-0.2, -0.15) is 8.42 Å². The number of benzene rings is 2. The normalized spacial score (nSPS) is 12.3. The van der Waals surface area contributed by atoms with Crippen molar-refractivity contribution in [2.45, 2.75) is 0 Å². The molecule has 0 saturated heterocycles. The first-order chi connectivity index (χ1) is 12.2. The van der Waals surface area contributed by atoms with Crippen LogP contribution in [-0.2, 0) is 10.0 Å². The molecule has 0 unspecified atom stereocenters. The third-order valence-corrected chi connectivity index (χ3v) is 4.37. The summed E-state index contributed by atoms with van der Waals surface area (Å²) in [6, 6.07) is 12.4. The molecule has 0 amide bonds. The highest BCUT2D eigenvalue weighted by atomic mass is 32.2. The van der Waals surface area contributed by atoms with E-state index in [4.69, 9.17) is 5.73 Å². The molecule has 2 N–H and O–H groups in total. The lowest BCUT2D eigenvalue weighted by atomic mass is 10.2. The minimum Gasteiger partial charge on any atom is -0.383 e. The van der Waals surface area contributed by atoms with Crippen molar-refractivity contribution >= 4 is 33.3 Å². The average molecular weight is 374 g/mol. The second-order valence-corrected chi connectivity index (χ2v) is 7.07. The van der Waals surface area contributed by atoms with E-state index in [1.165, 1.54) is 30.3 Å². The number of amidine groups is 1. The molecule has 0 bridgehead atoms. The number of anilines is 1. The van der Waals surface area contributed by atoms with Gasteiger partial charge in [0.05, 0.1) is 10.3 Å². The second kappa shape index (κ2) is 7.79. The monoisotopic (exact) mass is 374 g/mol. The summed E-state index contributed by atoms with van der Waals surface area (Å²) in [4.78, 5) is 12.0. The molecule has 0 fully saturated rings. The van der Waals surface area contributed by atoms with Gasteiger partial charge in [0, 0.05) is 37.5 Å². The Labute approximate surface area is 151 Å². The zero-order valence-corrected chi connectivity index (χ0v) is 15.1. The van der Waals surface area contributed by atoms with Gasteiger partial charge in [-0.25, -0.2) is 0 Å². The first-order valence-corrected chi connectivity index (χ1v) is 8.99. The standard InChI is InChI=1S/C17H18N4O4S/c1-20(2)15-9-5-14(6-10-15)17(18)19-26(24,25)12-11-13-3-7-16(8-4-13)21(22)23/h3-12H,1-2H3,(H2,18,19)/b12-11+. The minimum atomic E-state index is -3.94. The number of hydrogen-bond donors (Lipinski definition) is 1. The van der Waals surface area contributed by atoms with Crippen LogP contribution in [0, 0.1) is 10.1 Å². The average Bonchev–Trinajstić information content (AvgIpc) is 2.60. The fourth-order valence-corrected chi connectivity index (χ4v) is 2.79. The Hall–Kier alpha value is -3.20. The van der Waals surface area contributed by atoms with E-state index in [0.717, 1.165) is 11.1 Å². The van der Waals surface area contributed by atoms with Crippen molar-refractivity contribution in [2.24, 2.45) is 10.1 Å². The van der Waals surface area contributed by atoms with Gasteiger partial charge in [-0.3, -0.25) is 10.1 Å². The summed E-state index contributed by atoms with van der Waals surface area (Å²) in [7, 11) is -0.164. The van der Waals surface area contributed by atoms with Gasteiger partial charge in [0.25, 0.3) is 15.7 Å². The molecule has 8 nitrogen and oxygen atoms in total. The third kappa shape index (κ3) is 5.15. The number of nitrogens with zero attached hydrogens (tertiary/aromatic N) is 3. The van der Waals surface area contributed by atoms with Crippen LogP contribution in [0.2, 0.25) is 0 Å². The van der Waals surface area contributed by atoms with Crippen LogP contribution in [0.1, 0.15) is 11.1 Å². The number of rotatable bonds is 6. The van der Waals surface area contributed by atoms with E-state index < -0.39 is 14.9 Å². The Balaban J connectivity index is 2.18. The van der Waals surface area contributed by atoms with Crippen LogP contribution < -0.4 is 10.6 Å². The van der Waals surface area contributed by atoms with Gasteiger partial charge in [0.1, 0.15) is 5.84 Å². The van der Waals surface area contributed by atoms with E-state index in [1.54, 1.807) is 24.3 Å². The van der Waals surface area contributed by atoms with Crippen molar-refractivity contribution in [3.8, 4) is 0 Å². The summed E-state index contributed by atoms with van der Waals surface area (Å²) in [5.74, 6) is -0.122. The SMILES string of the molecule is CN(C)c1ccc(C(N)=NS(=O)(=O)/C=C/c2ccc([N+](=O)[O-])cc2)cc1. The zero-order chi connectivity index (χ0) is 19.3.